The van der Waals surface area contributed by atoms with Gasteiger partial charge in [0, 0.05) is 12.6 Å². The van der Waals surface area contributed by atoms with Crippen molar-refractivity contribution in [3.63, 3.8) is 0 Å². The lowest BCUT2D eigenvalue weighted by Crippen LogP contribution is -2.47. The predicted octanol–water partition coefficient (Wildman–Crippen LogP) is -0.410. The second kappa shape index (κ2) is 4.61. The van der Waals surface area contributed by atoms with Crippen molar-refractivity contribution in [2.24, 2.45) is 0 Å². The van der Waals surface area contributed by atoms with E-state index in [-0.39, 0.29) is 35.5 Å². The van der Waals surface area contributed by atoms with E-state index in [4.69, 9.17) is 5.73 Å². The van der Waals surface area contributed by atoms with Gasteiger partial charge >= 0.3 is 5.69 Å². The first kappa shape index (κ1) is 13.5. The first-order valence-corrected chi connectivity index (χ1v) is 7.36. The molecule has 1 saturated heterocycles. The molecular weight excluding hydrogens is 274 g/mol. The van der Waals surface area contributed by atoms with Gasteiger partial charge in [-0.15, -0.1) is 0 Å². The van der Waals surface area contributed by atoms with Crippen LogP contribution in [0.4, 0.5) is 17.5 Å². The summed E-state index contributed by atoms with van der Waals surface area (Å²) in [6.45, 7) is 1.83. The summed E-state index contributed by atoms with van der Waals surface area (Å²) in [4.78, 5) is 19.4. The van der Waals surface area contributed by atoms with E-state index >= 15 is 0 Å². The molecule has 0 spiro atoms. The van der Waals surface area contributed by atoms with Crippen LogP contribution in [0.25, 0.3) is 0 Å². The highest BCUT2D eigenvalue weighted by atomic mass is 32.2. The summed E-state index contributed by atoms with van der Waals surface area (Å²) >= 11 is 0. The second-order valence-electron chi connectivity index (χ2n) is 4.35. The number of anilines is 2. The summed E-state index contributed by atoms with van der Waals surface area (Å²) in [6.07, 6.45) is 1.04. The first-order chi connectivity index (χ1) is 8.80. The van der Waals surface area contributed by atoms with E-state index in [9.17, 15) is 18.5 Å². The lowest BCUT2D eigenvalue weighted by Gasteiger charge is -2.33. The summed E-state index contributed by atoms with van der Waals surface area (Å²) in [5.74, 6) is -0.131. The molecule has 1 unspecified atom stereocenters. The van der Waals surface area contributed by atoms with Gasteiger partial charge in [-0.3, -0.25) is 10.1 Å². The molecule has 0 amide bonds. The van der Waals surface area contributed by atoms with Crippen LogP contribution in [0.2, 0.25) is 0 Å². The van der Waals surface area contributed by atoms with E-state index in [1.807, 2.05) is 0 Å². The molecule has 0 aromatic carbocycles. The van der Waals surface area contributed by atoms with Crippen LogP contribution in [0.15, 0.2) is 6.20 Å². The van der Waals surface area contributed by atoms with E-state index in [2.05, 4.69) is 9.97 Å². The van der Waals surface area contributed by atoms with Crippen LogP contribution in [0, 0.1) is 10.1 Å². The van der Waals surface area contributed by atoms with Crippen molar-refractivity contribution in [1.29, 1.82) is 0 Å². The van der Waals surface area contributed by atoms with E-state index in [0.717, 1.165) is 6.20 Å². The maximum atomic E-state index is 11.5. The van der Waals surface area contributed by atoms with Gasteiger partial charge in [0.05, 0.1) is 16.4 Å². The summed E-state index contributed by atoms with van der Waals surface area (Å²) in [5, 5.41) is 10.9. The van der Waals surface area contributed by atoms with Gasteiger partial charge in [-0.2, -0.15) is 4.98 Å². The number of hydrogen-bond donors (Lipinski definition) is 1. The van der Waals surface area contributed by atoms with Gasteiger partial charge in [0.1, 0.15) is 6.20 Å². The molecule has 2 N–H and O–H groups in total. The van der Waals surface area contributed by atoms with Crippen LogP contribution < -0.4 is 10.6 Å². The van der Waals surface area contributed by atoms with Gasteiger partial charge in [-0.25, -0.2) is 13.4 Å². The standard InChI is InChI=1S/C9H13N5O4S/c1-6-5-19(17,18)3-2-13(6)8-7(14(15)16)4-11-9(10)12-8/h4,6H,2-3,5H2,1H3,(H2,10,11,12). The lowest BCUT2D eigenvalue weighted by atomic mass is 10.3. The summed E-state index contributed by atoms with van der Waals surface area (Å²) in [7, 11) is -3.10. The van der Waals surface area contributed by atoms with Crippen LogP contribution in [0.5, 0.6) is 0 Å². The minimum Gasteiger partial charge on any atom is -0.368 e. The van der Waals surface area contributed by atoms with Crippen LogP contribution >= 0.6 is 0 Å². The van der Waals surface area contributed by atoms with Crippen molar-refractivity contribution in [3.05, 3.63) is 16.3 Å². The molecule has 19 heavy (non-hydrogen) atoms. The minimum atomic E-state index is -3.10. The largest absolute Gasteiger partial charge is 0.368 e. The molecule has 1 fully saturated rings. The average Bonchev–Trinajstić information content (AvgIpc) is 2.27. The number of nitrogen functional groups attached to an aromatic ring is 1. The maximum absolute atomic E-state index is 11.5. The van der Waals surface area contributed by atoms with Gasteiger partial charge in [0.15, 0.2) is 9.84 Å². The summed E-state index contributed by atoms with van der Waals surface area (Å²) in [6, 6.07) is -0.397. The molecule has 2 rings (SSSR count). The van der Waals surface area contributed by atoms with Crippen LogP contribution in [0.3, 0.4) is 0 Å². The smallest absolute Gasteiger partial charge is 0.329 e. The topological polar surface area (TPSA) is 132 Å². The van der Waals surface area contributed by atoms with Crippen molar-refractivity contribution in [1.82, 2.24) is 9.97 Å². The second-order valence-corrected chi connectivity index (χ2v) is 6.58. The molecule has 2 heterocycles. The Labute approximate surface area is 109 Å². The van der Waals surface area contributed by atoms with Gasteiger partial charge in [0.25, 0.3) is 0 Å². The fraction of sp³-hybridized carbons (Fsp3) is 0.556. The Hall–Kier alpha value is -1.97. The molecule has 9 nitrogen and oxygen atoms in total. The Morgan fingerprint density at radius 2 is 2.26 bits per heavy atom. The molecule has 0 bridgehead atoms. The predicted molar refractivity (Wildman–Crippen MR) is 68.6 cm³/mol. The van der Waals surface area contributed by atoms with E-state index in [1.165, 1.54) is 0 Å². The lowest BCUT2D eigenvalue weighted by molar-refractivity contribution is -0.384. The van der Waals surface area contributed by atoms with Crippen molar-refractivity contribution in [2.75, 3.05) is 28.7 Å². The monoisotopic (exact) mass is 287 g/mol. The Kier molecular flexibility index (Phi) is 3.27. The maximum Gasteiger partial charge on any atom is 0.329 e. The third kappa shape index (κ3) is 2.72. The zero-order valence-electron chi connectivity index (χ0n) is 10.2. The van der Waals surface area contributed by atoms with Gasteiger partial charge in [0.2, 0.25) is 11.8 Å². The molecule has 1 aliphatic heterocycles. The molecule has 0 radical (unpaired) electrons. The molecule has 0 aliphatic carbocycles. The highest BCUT2D eigenvalue weighted by Gasteiger charge is 2.33. The van der Waals surface area contributed by atoms with E-state index in [0.29, 0.717) is 0 Å². The summed E-state index contributed by atoms with van der Waals surface area (Å²) < 4.78 is 23.0. The SMILES string of the molecule is CC1CS(=O)(=O)CCN1c1nc(N)ncc1[N+](=O)[O-]. The number of hydrogen-bond acceptors (Lipinski definition) is 8. The molecular formula is C9H13N5O4S. The summed E-state index contributed by atoms with van der Waals surface area (Å²) in [5.41, 5.74) is 5.17. The minimum absolute atomic E-state index is 0.0571. The molecule has 1 aromatic heterocycles. The van der Waals surface area contributed by atoms with Crippen LogP contribution in [-0.4, -0.2) is 47.4 Å². The van der Waals surface area contributed by atoms with Crippen LogP contribution in [0.1, 0.15) is 6.92 Å². The zero-order valence-corrected chi connectivity index (χ0v) is 11.0. The van der Waals surface area contributed by atoms with E-state index in [1.54, 1.807) is 11.8 Å². The molecule has 10 heteroatoms. The Morgan fingerprint density at radius 1 is 1.58 bits per heavy atom. The average molecular weight is 287 g/mol. The number of nitrogens with two attached hydrogens (primary N) is 1. The zero-order chi connectivity index (χ0) is 14.2. The Morgan fingerprint density at radius 3 is 2.84 bits per heavy atom. The van der Waals surface area contributed by atoms with Gasteiger partial charge in [-0.05, 0) is 6.92 Å². The van der Waals surface area contributed by atoms with Crippen molar-refractivity contribution >= 4 is 27.3 Å². The first-order valence-electron chi connectivity index (χ1n) is 5.54. The fourth-order valence-electron chi connectivity index (χ4n) is 2.03. The van der Waals surface area contributed by atoms with Gasteiger partial charge in [-0.1, -0.05) is 0 Å². The Balaban J connectivity index is 2.42. The van der Waals surface area contributed by atoms with Gasteiger partial charge < -0.3 is 10.6 Å². The quantitative estimate of drug-likeness (QED) is 0.573. The number of aromatic nitrogens is 2. The normalized spacial score (nSPS) is 22.2. The van der Waals surface area contributed by atoms with Crippen LogP contribution in [-0.2, 0) is 9.84 Å². The fourth-order valence-corrected chi connectivity index (χ4v) is 3.59. The number of sulfone groups is 1. The molecule has 104 valence electrons. The molecule has 1 aliphatic rings. The number of rotatable bonds is 2. The third-order valence-electron chi connectivity index (χ3n) is 2.91. The highest BCUT2D eigenvalue weighted by Crippen LogP contribution is 2.29. The van der Waals surface area contributed by atoms with Crippen molar-refractivity contribution < 1.29 is 13.3 Å². The Bertz CT molecular complexity index is 617. The highest BCUT2D eigenvalue weighted by molar-refractivity contribution is 7.91. The van der Waals surface area contributed by atoms with Crippen molar-refractivity contribution in [2.45, 2.75) is 13.0 Å². The third-order valence-corrected chi connectivity index (χ3v) is 4.70. The molecule has 1 aromatic rings. The number of nitro groups is 1. The molecule has 0 saturated carbocycles. The molecule has 1 atom stereocenters. The number of nitrogens with zero attached hydrogens (tertiary/aromatic N) is 4. The van der Waals surface area contributed by atoms with Crippen molar-refractivity contribution in [3.8, 4) is 0 Å². The van der Waals surface area contributed by atoms with E-state index < -0.39 is 20.8 Å².